The molecule has 1 saturated carbocycles. The molecular weight excluding hydrogens is 324 g/mol. The third-order valence-corrected chi connectivity index (χ3v) is 5.12. The van der Waals surface area contributed by atoms with Gasteiger partial charge in [0.05, 0.1) is 0 Å². The van der Waals surface area contributed by atoms with Gasteiger partial charge in [-0.25, -0.2) is 0 Å². The van der Waals surface area contributed by atoms with Crippen LogP contribution in [0.15, 0.2) is 42.5 Å². The molecule has 3 rings (SSSR count). The zero-order chi connectivity index (χ0) is 18.9. The first-order valence-electron chi connectivity index (χ1n) is 9.02. The summed E-state index contributed by atoms with van der Waals surface area (Å²) in [7, 11) is 1.77. The lowest BCUT2D eigenvalue weighted by Crippen LogP contribution is -2.41. The van der Waals surface area contributed by atoms with Crippen LogP contribution >= 0.6 is 0 Å². The number of nitrogens with zero attached hydrogens (tertiary/aromatic N) is 1. The summed E-state index contributed by atoms with van der Waals surface area (Å²) in [6, 6.07) is 13.9. The zero-order valence-electron chi connectivity index (χ0n) is 15.9. The van der Waals surface area contributed by atoms with Crippen molar-refractivity contribution in [2.24, 2.45) is 5.41 Å². The van der Waals surface area contributed by atoms with Crippen molar-refractivity contribution in [2.75, 3.05) is 12.4 Å². The van der Waals surface area contributed by atoms with Gasteiger partial charge < -0.3 is 10.2 Å². The Morgan fingerprint density at radius 3 is 2.15 bits per heavy atom. The predicted molar refractivity (Wildman–Crippen MR) is 104 cm³/mol. The van der Waals surface area contributed by atoms with Crippen LogP contribution in [-0.2, 0) is 16.1 Å². The van der Waals surface area contributed by atoms with Gasteiger partial charge in [-0.15, -0.1) is 0 Å². The summed E-state index contributed by atoms with van der Waals surface area (Å²) in [6.07, 6.45) is 1.22. The monoisotopic (exact) mass is 350 g/mol. The molecule has 0 unspecified atom stereocenters. The van der Waals surface area contributed by atoms with E-state index in [0.717, 1.165) is 27.9 Å². The molecule has 1 aliphatic carbocycles. The number of rotatable bonds is 5. The second kappa shape index (κ2) is 6.94. The lowest BCUT2D eigenvalue weighted by molar-refractivity contribution is -0.141. The number of carbonyl (C=O) groups is 2. The minimum atomic E-state index is -0.909. The summed E-state index contributed by atoms with van der Waals surface area (Å²) < 4.78 is 0. The number of anilines is 1. The second-order valence-corrected chi connectivity index (χ2v) is 7.46. The number of benzene rings is 2. The lowest BCUT2D eigenvalue weighted by Gasteiger charge is -2.24. The molecule has 2 aromatic carbocycles. The van der Waals surface area contributed by atoms with Crippen molar-refractivity contribution in [2.45, 2.75) is 40.2 Å². The first kappa shape index (κ1) is 18.2. The van der Waals surface area contributed by atoms with Crippen LogP contribution in [0.25, 0.3) is 0 Å². The van der Waals surface area contributed by atoms with E-state index < -0.39 is 5.41 Å². The predicted octanol–water partition coefficient (Wildman–Crippen LogP) is 3.99. The van der Waals surface area contributed by atoms with Gasteiger partial charge in [0, 0.05) is 19.3 Å². The van der Waals surface area contributed by atoms with Crippen molar-refractivity contribution in [1.82, 2.24) is 4.90 Å². The van der Waals surface area contributed by atoms with Crippen LogP contribution in [0.4, 0.5) is 5.69 Å². The molecule has 1 N–H and O–H groups in total. The highest BCUT2D eigenvalue weighted by Gasteiger charge is 2.57. The van der Waals surface area contributed by atoms with E-state index in [1.54, 1.807) is 11.9 Å². The van der Waals surface area contributed by atoms with Crippen LogP contribution < -0.4 is 5.32 Å². The molecule has 0 heterocycles. The van der Waals surface area contributed by atoms with E-state index in [0.29, 0.717) is 19.4 Å². The summed E-state index contributed by atoms with van der Waals surface area (Å²) in [5.41, 5.74) is 4.19. The third kappa shape index (κ3) is 3.50. The Hall–Kier alpha value is -2.62. The number of nitrogens with one attached hydrogen (secondary N) is 1. The van der Waals surface area contributed by atoms with E-state index in [4.69, 9.17) is 0 Å². The van der Waals surface area contributed by atoms with Gasteiger partial charge >= 0.3 is 0 Å². The SMILES string of the molecule is Cc1cc(C)c(NC(=O)C2(C(=O)N(C)Cc3ccccc3)CC2)c(C)c1. The lowest BCUT2D eigenvalue weighted by atomic mass is 10.0. The molecule has 26 heavy (non-hydrogen) atoms. The number of carbonyl (C=O) groups excluding carboxylic acids is 2. The molecule has 1 aliphatic rings. The molecular formula is C22H26N2O2. The van der Waals surface area contributed by atoms with Gasteiger partial charge in [-0.2, -0.15) is 0 Å². The summed E-state index contributed by atoms with van der Waals surface area (Å²) in [6.45, 7) is 6.52. The van der Waals surface area contributed by atoms with E-state index >= 15 is 0 Å². The van der Waals surface area contributed by atoms with Crippen molar-refractivity contribution in [1.29, 1.82) is 0 Å². The van der Waals surface area contributed by atoms with Crippen LogP contribution in [0.2, 0.25) is 0 Å². The Labute approximate surface area is 155 Å². The summed E-state index contributed by atoms with van der Waals surface area (Å²) in [5, 5.41) is 3.02. The van der Waals surface area contributed by atoms with E-state index in [2.05, 4.69) is 5.32 Å². The van der Waals surface area contributed by atoms with Crippen molar-refractivity contribution < 1.29 is 9.59 Å². The number of amides is 2. The van der Waals surface area contributed by atoms with Gasteiger partial charge in [0.2, 0.25) is 11.8 Å². The van der Waals surface area contributed by atoms with E-state index in [9.17, 15) is 9.59 Å². The van der Waals surface area contributed by atoms with Crippen molar-refractivity contribution in [3.05, 3.63) is 64.7 Å². The fourth-order valence-electron chi connectivity index (χ4n) is 3.57. The molecule has 0 aliphatic heterocycles. The maximum atomic E-state index is 13.0. The summed E-state index contributed by atoms with van der Waals surface area (Å²) in [5.74, 6) is -0.279. The number of aryl methyl sites for hydroxylation is 3. The smallest absolute Gasteiger partial charge is 0.240 e. The number of hydrogen-bond acceptors (Lipinski definition) is 2. The molecule has 136 valence electrons. The Morgan fingerprint density at radius 2 is 1.62 bits per heavy atom. The quantitative estimate of drug-likeness (QED) is 0.829. The topological polar surface area (TPSA) is 49.4 Å². The van der Waals surface area contributed by atoms with Gasteiger partial charge in [0.25, 0.3) is 0 Å². The fourth-order valence-corrected chi connectivity index (χ4v) is 3.57. The van der Waals surface area contributed by atoms with E-state index in [-0.39, 0.29) is 11.8 Å². The maximum absolute atomic E-state index is 13.0. The first-order valence-corrected chi connectivity index (χ1v) is 9.02. The molecule has 0 atom stereocenters. The molecule has 2 amide bonds. The fraction of sp³-hybridized carbons (Fsp3) is 0.364. The van der Waals surface area contributed by atoms with Crippen LogP contribution in [0.1, 0.15) is 35.1 Å². The molecule has 0 aromatic heterocycles. The van der Waals surface area contributed by atoms with Crippen molar-refractivity contribution in [3.63, 3.8) is 0 Å². The molecule has 1 fully saturated rings. The van der Waals surface area contributed by atoms with Gasteiger partial charge in [-0.05, 0) is 50.3 Å². The van der Waals surface area contributed by atoms with Crippen LogP contribution in [0.5, 0.6) is 0 Å². The second-order valence-electron chi connectivity index (χ2n) is 7.46. The minimum Gasteiger partial charge on any atom is -0.340 e. The largest absolute Gasteiger partial charge is 0.340 e. The molecule has 0 bridgehead atoms. The summed E-state index contributed by atoms with van der Waals surface area (Å²) >= 11 is 0. The Morgan fingerprint density at radius 1 is 1.04 bits per heavy atom. The highest BCUT2D eigenvalue weighted by atomic mass is 16.2. The van der Waals surface area contributed by atoms with Crippen LogP contribution in [0, 0.1) is 26.2 Å². The molecule has 4 heteroatoms. The maximum Gasteiger partial charge on any atom is 0.240 e. The van der Waals surface area contributed by atoms with Gasteiger partial charge in [-0.1, -0.05) is 48.0 Å². The van der Waals surface area contributed by atoms with Gasteiger partial charge in [-0.3, -0.25) is 9.59 Å². The van der Waals surface area contributed by atoms with Gasteiger partial charge in [0.15, 0.2) is 0 Å². The normalized spacial score (nSPS) is 14.6. The minimum absolute atomic E-state index is 0.0960. The Bertz CT molecular complexity index is 815. The molecule has 0 spiro atoms. The van der Waals surface area contributed by atoms with Gasteiger partial charge in [0.1, 0.15) is 5.41 Å². The van der Waals surface area contributed by atoms with Crippen LogP contribution in [0.3, 0.4) is 0 Å². The van der Waals surface area contributed by atoms with Crippen molar-refractivity contribution >= 4 is 17.5 Å². The molecule has 0 radical (unpaired) electrons. The highest BCUT2D eigenvalue weighted by Crippen LogP contribution is 2.48. The molecule has 2 aromatic rings. The molecule has 0 saturated heterocycles. The Kier molecular flexibility index (Phi) is 4.86. The standard InChI is InChI=1S/C22H26N2O2/c1-15-12-16(2)19(17(3)13-15)23-20(25)22(10-11-22)21(26)24(4)14-18-8-6-5-7-9-18/h5-9,12-13H,10-11,14H2,1-4H3,(H,23,25). The summed E-state index contributed by atoms with van der Waals surface area (Å²) in [4.78, 5) is 27.5. The highest BCUT2D eigenvalue weighted by molar-refractivity contribution is 6.13. The third-order valence-electron chi connectivity index (χ3n) is 5.12. The Balaban J connectivity index is 1.74. The average Bonchev–Trinajstić information content (AvgIpc) is 3.40. The average molecular weight is 350 g/mol. The first-order chi connectivity index (χ1) is 12.3. The zero-order valence-corrected chi connectivity index (χ0v) is 15.9. The van der Waals surface area contributed by atoms with E-state index in [1.807, 2.05) is 63.2 Å². The van der Waals surface area contributed by atoms with Crippen LogP contribution in [-0.4, -0.2) is 23.8 Å². The van der Waals surface area contributed by atoms with E-state index in [1.165, 1.54) is 0 Å². The molecule has 4 nitrogen and oxygen atoms in total. The number of hydrogen-bond donors (Lipinski definition) is 1. The van der Waals surface area contributed by atoms with Crippen molar-refractivity contribution in [3.8, 4) is 0 Å².